The molecule has 1 heterocycles. The molecule has 0 aromatic carbocycles. The van der Waals surface area contributed by atoms with Crippen molar-refractivity contribution in [2.75, 3.05) is 34.2 Å². The van der Waals surface area contributed by atoms with Gasteiger partial charge in [-0.2, -0.15) is 0 Å². The van der Waals surface area contributed by atoms with Crippen LogP contribution < -0.4 is 5.43 Å². The first-order valence-corrected chi connectivity index (χ1v) is 5.23. The summed E-state index contributed by atoms with van der Waals surface area (Å²) in [5.74, 6) is 0.670. The fourth-order valence-electron chi connectivity index (χ4n) is 2.00. The van der Waals surface area contributed by atoms with Crippen LogP contribution in [0, 0.1) is 5.92 Å². The summed E-state index contributed by atoms with van der Waals surface area (Å²) in [4.78, 5) is 13.8. The lowest BCUT2D eigenvalue weighted by molar-refractivity contribution is -0.126. The van der Waals surface area contributed by atoms with Gasteiger partial charge in [0, 0.05) is 27.1 Å². The van der Waals surface area contributed by atoms with Crippen molar-refractivity contribution in [1.82, 2.24) is 15.3 Å². The van der Waals surface area contributed by atoms with Crippen molar-refractivity contribution in [3.05, 3.63) is 0 Å². The van der Waals surface area contributed by atoms with Crippen LogP contribution in [-0.4, -0.2) is 50.0 Å². The number of carbonyl (C=O) groups is 1. The first-order chi connectivity index (χ1) is 6.58. The first-order valence-electron chi connectivity index (χ1n) is 5.23. The Kier molecular flexibility index (Phi) is 4.35. The molecule has 1 aliphatic heterocycles. The van der Waals surface area contributed by atoms with Crippen LogP contribution in [0.15, 0.2) is 0 Å². The Labute approximate surface area is 86.2 Å². The highest BCUT2D eigenvalue weighted by molar-refractivity contribution is 5.75. The van der Waals surface area contributed by atoms with Crippen molar-refractivity contribution < 1.29 is 4.79 Å². The van der Waals surface area contributed by atoms with Crippen LogP contribution in [0.25, 0.3) is 0 Å². The van der Waals surface area contributed by atoms with Gasteiger partial charge in [0.15, 0.2) is 0 Å². The van der Waals surface area contributed by atoms with Crippen molar-refractivity contribution in [3.8, 4) is 0 Å². The summed E-state index contributed by atoms with van der Waals surface area (Å²) in [7, 11) is 5.80. The molecule has 4 nitrogen and oxygen atoms in total. The van der Waals surface area contributed by atoms with Crippen molar-refractivity contribution in [1.29, 1.82) is 0 Å². The van der Waals surface area contributed by atoms with E-state index in [2.05, 4.69) is 17.4 Å². The molecule has 0 bridgehead atoms. The van der Waals surface area contributed by atoms with E-state index in [0.29, 0.717) is 12.3 Å². The number of nitrogens with zero attached hydrogens (tertiary/aromatic N) is 2. The van der Waals surface area contributed by atoms with E-state index >= 15 is 0 Å². The van der Waals surface area contributed by atoms with Gasteiger partial charge >= 0.3 is 0 Å². The molecule has 1 rings (SSSR count). The Hall–Kier alpha value is -0.610. The van der Waals surface area contributed by atoms with E-state index in [1.165, 1.54) is 19.4 Å². The average molecular weight is 199 g/mol. The molecule has 0 saturated carbocycles. The molecule has 1 saturated heterocycles. The molecule has 0 aromatic rings. The molecule has 0 aromatic heterocycles. The third kappa shape index (κ3) is 4.07. The molecule has 1 aliphatic rings. The number of piperidine rings is 1. The third-order valence-corrected chi connectivity index (χ3v) is 2.54. The van der Waals surface area contributed by atoms with Gasteiger partial charge in [-0.25, -0.2) is 5.01 Å². The van der Waals surface area contributed by atoms with Gasteiger partial charge in [0.1, 0.15) is 0 Å². The molecule has 82 valence electrons. The van der Waals surface area contributed by atoms with Gasteiger partial charge in [0.25, 0.3) is 0 Å². The van der Waals surface area contributed by atoms with Crippen molar-refractivity contribution in [2.24, 2.45) is 5.92 Å². The standard InChI is InChI=1S/C10H21N3O/c1-12(2)11-10(14)7-9-5-4-6-13(3)8-9/h9H,4-8H2,1-3H3,(H,11,14). The van der Waals surface area contributed by atoms with E-state index in [-0.39, 0.29) is 5.91 Å². The second-order valence-corrected chi connectivity index (χ2v) is 4.40. The summed E-state index contributed by atoms with van der Waals surface area (Å²) in [5.41, 5.74) is 2.78. The quantitative estimate of drug-likeness (QED) is 0.665. The maximum absolute atomic E-state index is 11.5. The van der Waals surface area contributed by atoms with Gasteiger partial charge in [-0.3, -0.25) is 10.2 Å². The largest absolute Gasteiger partial charge is 0.306 e. The summed E-state index contributed by atoms with van der Waals surface area (Å²) >= 11 is 0. The zero-order valence-electron chi connectivity index (χ0n) is 9.42. The highest BCUT2D eigenvalue weighted by Crippen LogP contribution is 2.17. The molecule has 0 radical (unpaired) electrons. The second-order valence-electron chi connectivity index (χ2n) is 4.40. The molecule has 1 unspecified atom stereocenters. The van der Waals surface area contributed by atoms with Crippen LogP contribution in [-0.2, 0) is 4.79 Å². The van der Waals surface area contributed by atoms with Crippen LogP contribution >= 0.6 is 0 Å². The minimum atomic E-state index is 0.135. The number of nitrogens with one attached hydrogen (secondary N) is 1. The van der Waals surface area contributed by atoms with Crippen molar-refractivity contribution in [2.45, 2.75) is 19.3 Å². The third-order valence-electron chi connectivity index (χ3n) is 2.54. The molecule has 14 heavy (non-hydrogen) atoms. The molecule has 1 amide bonds. The normalized spacial score (nSPS) is 23.9. The van der Waals surface area contributed by atoms with Crippen LogP contribution in [0.1, 0.15) is 19.3 Å². The molecule has 1 atom stereocenters. The van der Waals surface area contributed by atoms with E-state index in [4.69, 9.17) is 0 Å². The number of carbonyl (C=O) groups excluding carboxylic acids is 1. The van der Waals surface area contributed by atoms with Gasteiger partial charge < -0.3 is 4.90 Å². The lowest BCUT2D eigenvalue weighted by Gasteiger charge is -2.29. The molecular formula is C10H21N3O. The van der Waals surface area contributed by atoms with Crippen molar-refractivity contribution >= 4 is 5.91 Å². The van der Waals surface area contributed by atoms with Gasteiger partial charge in [-0.1, -0.05) is 0 Å². The monoisotopic (exact) mass is 199 g/mol. The van der Waals surface area contributed by atoms with E-state index in [0.717, 1.165) is 6.54 Å². The predicted molar refractivity (Wildman–Crippen MR) is 56.7 cm³/mol. The zero-order valence-corrected chi connectivity index (χ0v) is 9.42. The molecule has 0 spiro atoms. The lowest BCUT2D eigenvalue weighted by atomic mass is 9.95. The van der Waals surface area contributed by atoms with Crippen LogP contribution in [0.3, 0.4) is 0 Å². The summed E-state index contributed by atoms with van der Waals surface area (Å²) in [5, 5.41) is 1.70. The topological polar surface area (TPSA) is 35.6 Å². The van der Waals surface area contributed by atoms with E-state index in [1.807, 2.05) is 14.1 Å². The van der Waals surface area contributed by atoms with Gasteiger partial charge in [0.2, 0.25) is 5.91 Å². The summed E-state index contributed by atoms with van der Waals surface area (Å²) in [6, 6.07) is 0. The van der Waals surface area contributed by atoms with Crippen LogP contribution in [0.5, 0.6) is 0 Å². The molecular weight excluding hydrogens is 178 g/mol. The van der Waals surface area contributed by atoms with Gasteiger partial charge in [-0.15, -0.1) is 0 Å². The van der Waals surface area contributed by atoms with Gasteiger partial charge in [-0.05, 0) is 32.4 Å². The highest BCUT2D eigenvalue weighted by atomic mass is 16.2. The van der Waals surface area contributed by atoms with Crippen molar-refractivity contribution in [3.63, 3.8) is 0 Å². The Bertz CT molecular complexity index is 194. The Balaban J connectivity index is 2.25. The first kappa shape index (κ1) is 11.5. The van der Waals surface area contributed by atoms with E-state index in [9.17, 15) is 4.79 Å². The maximum atomic E-state index is 11.5. The Morgan fingerprint density at radius 3 is 2.86 bits per heavy atom. The molecule has 0 aliphatic carbocycles. The molecule has 1 N–H and O–H groups in total. The number of hydrogen-bond donors (Lipinski definition) is 1. The number of rotatable bonds is 3. The summed E-state index contributed by atoms with van der Waals surface area (Å²) in [6.45, 7) is 2.23. The average Bonchev–Trinajstić information content (AvgIpc) is 2.01. The minimum Gasteiger partial charge on any atom is -0.306 e. The SMILES string of the molecule is CN1CCCC(CC(=O)NN(C)C)C1. The summed E-state index contributed by atoms with van der Waals surface area (Å²) in [6.07, 6.45) is 3.06. The minimum absolute atomic E-state index is 0.135. The number of hydrazine groups is 1. The maximum Gasteiger partial charge on any atom is 0.234 e. The Morgan fingerprint density at radius 2 is 2.29 bits per heavy atom. The number of amides is 1. The predicted octanol–water partition coefficient (Wildman–Crippen LogP) is 0.311. The second kappa shape index (κ2) is 5.32. The van der Waals surface area contributed by atoms with Gasteiger partial charge in [0.05, 0.1) is 0 Å². The lowest BCUT2D eigenvalue weighted by Crippen LogP contribution is -2.40. The molecule has 1 fully saturated rings. The van der Waals surface area contributed by atoms with E-state index in [1.54, 1.807) is 5.01 Å². The number of hydrogen-bond acceptors (Lipinski definition) is 3. The molecule has 4 heteroatoms. The number of likely N-dealkylation sites (tertiary alicyclic amines) is 1. The highest BCUT2D eigenvalue weighted by Gasteiger charge is 2.19. The Morgan fingerprint density at radius 1 is 1.57 bits per heavy atom. The smallest absolute Gasteiger partial charge is 0.234 e. The zero-order chi connectivity index (χ0) is 10.6. The van der Waals surface area contributed by atoms with E-state index < -0.39 is 0 Å². The summed E-state index contributed by atoms with van der Waals surface area (Å²) < 4.78 is 0. The fourth-order valence-corrected chi connectivity index (χ4v) is 2.00. The fraction of sp³-hybridized carbons (Fsp3) is 0.900. The van der Waals surface area contributed by atoms with Crippen LogP contribution in [0.2, 0.25) is 0 Å². The van der Waals surface area contributed by atoms with Crippen LogP contribution in [0.4, 0.5) is 0 Å².